The Labute approximate surface area is 105 Å². The summed E-state index contributed by atoms with van der Waals surface area (Å²) in [5.74, 6) is 1.09. The van der Waals surface area contributed by atoms with Crippen LogP contribution >= 0.6 is 0 Å². The van der Waals surface area contributed by atoms with Crippen molar-refractivity contribution in [2.75, 3.05) is 13.1 Å². The third-order valence-corrected chi connectivity index (χ3v) is 4.38. The molecule has 2 N–H and O–H groups in total. The van der Waals surface area contributed by atoms with Crippen molar-refractivity contribution in [3.8, 4) is 0 Å². The maximum Gasteiger partial charge on any atom is 0.223 e. The predicted molar refractivity (Wildman–Crippen MR) is 69.6 cm³/mol. The van der Waals surface area contributed by atoms with Crippen LogP contribution in [0.15, 0.2) is 0 Å². The first-order valence-electron chi connectivity index (χ1n) is 7.31. The lowest BCUT2D eigenvalue weighted by Crippen LogP contribution is -2.36. The van der Waals surface area contributed by atoms with E-state index in [-0.39, 0.29) is 0 Å². The molecule has 1 saturated carbocycles. The smallest absolute Gasteiger partial charge is 0.223 e. The molecule has 1 heterocycles. The monoisotopic (exact) mass is 238 g/mol. The molecule has 1 amide bonds. The fourth-order valence-electron chi connectivity index (χ4n) is 3.40. The minimum atomic E-state index is 0.413. The lowest BCUT2D eigenvalue weighted by Gasteiger charge is -2.26. The highest BCUT2D eigenvalue weighted by Crippen LogP contribution is 2.30. The topological polar surface area (TPSA) is 46.3 Å². The summed E-state index contributed by atoms with van der Waals surface area (Å²) in [7, 11) is 0. The number of nitrogens with zero attached hydrogens (tertiary/aromatic N) is 1. The number of carbonyl (C=O) groups is 1. The number of carbonyl (C=O) groups excluding carboxylic acids is 1. The minimum Gasteiger partial charge on any atom is -0.340 e. The van der Waals surface area contributed by atoms with Crippen LogP contribution in [0.3, 0.4) is 0 Å². The molecule has 3 heteroatoms. The van der Waals surface area contributed by atoms with Crippen LogP contribution in [-0.4, -0.2) is 29.9 Å². The van der Waals surface area contributed by atoms with Crippen molar-refractivity contribution in [1.29, 1.82) is 0 Å². The molecule has 0 aromatic carbocycles. The number of rotatable bonds is 5. The van der Waals surface area contributed by atoms with Crippen molar-refractivity contribution in [1.82, 2.24) is 4.90 Å². The lowest BCUT2D eigenvalue weighted by molar-refractivity contribution is -0.133. The van der Waals surface area contributed by atoms with Crippen molar-refractivity contribution in [3.63, 3.8) is 0 Å². The molecule has 1 saturated heterocycles. The quantitative estimate of drug-likeness (QED) is 0.799. The van der Waals surface area contributed by atoms with Gasteiger partial charge in [0.25, 0.3) is 0 Å². The molecule has 1 aliphatic heterocycles. The van der Waals surface area contributed by atoms with Crippen molar-refractivity contribution < 1.29 is 4.79 Å². The number of amides is 1. The molecule has 2 rings (SSSR count). The first kappa shape index (κ1) is 12.9. The summed E-state index contributed by atoms with van der Waals surface area (Å²) in [4.78, 5) is 14.4. The van der Waals surface area contributed by atoms with Gasteiger partial charge in [0.2, 0.25) is 5.91 Å². The zero-order chi connectivity index (χ0) is 12.1. The van der Waals surface area contributed by atoms with Gasteiger partial charge in [-0.25, -0.2) is 0 Å². The second kappa shape index (κ2) is 6.39. The van der Waals surface area contributed by atoms with Gasteiger partial charge in [-0.1, -0.05) is 12.8 Å². The highest BCUT2D eigenvalue weighted by atomic mass is 16.2. The van der Waals surface area contributed by atoms with Crippen molar-refractivity contribution >= 4 is 5.91 Å². The van der Waals surface area contributed by atoms with Crippen LogP contribution in [0.4, 0.5) is 0 Å². The molecular formula is C14H26N2O. The Bertz CT molecular complexity index is 249. The van der Waals surface area contributed by atoms with Gasteiger partial charge in [-0.05, 0) is 51.0 Å². The number of likely N-dealkylation sites (tertiary alicyclic amines) is 1. The molecule has 1 aliphatic carbocycles. The van der Waals surface area contributed by atoms with Gasteiger partial charge in [0, 0.05) is 19.0 Å². The van der Waals surface area contributed by atoms with Gasteiger partial charge in [-0.15, -0.1) is 0 Å². The predicted octanol–water partition coefficient (Wildman–Crippen LogP) is 2.30. The van der Waals surface area contributed by atoms with E-state index in [1.165, 1.54) is 38.5 Å². The fraction of sp³-hybridized carbons (Fsp3) is 0.929. The molecule has 3 nitrogen and oxygen atoms in total. The maximum absolute atomic E-state index is 12.3. The van der Waals surface area contributed by atoms with Crippen LogP contribution in [0.5, 0.6) is 0 Å². The van der Waals surface area contributed by atoms with Crippen LogP contribution in [0, 0.1) is 5.92 Å². The largest absolute Gasteiger partial charge is 0.340 e. The molecule has 2 aliphatic rings. The minimum absolute atomic E-state index is 0.413. The Morgan fingerprint density at radius 2 is 1.94 bits per heavy atom. The summed E-state index contributed by atoms with van der Waals surface area (Å²) < 4.78 is 0. The van der Waals surface area contributed by atoms with E-state index in [4.69, 9.17) is 5.73 Å². The SMILES string of the molecule is NCCCC1CCCN1C(=O)CC1CCCC1. The number of nitrogens with two attached hydrogens (primary N) is 1. The van der Waals surface area contributed by atoms with Crippen molar-refractivity contribution in [2.24, 2.45) is 11.7 Å². The lowest BCUT2D eigenvalue weighted by atomic mass is 10.0. The molecule has 1 unspecified atom stereocenters. The van der Waals surface area contributed by atoms with Gasteiger partial charge in [0.15, 0.2) is 0 Å². The zero-order valence-corrected chi connectivity index (χ0v) is 10.9. The average molecular weight is 238 g/mol. The molecule has 0 aromatic rings. The van der Waals surface area contributed by atoms with Crippen LogP contribution < -0.4 is 5.73 Å². The molecule has 0 spiro atoms. The molecule has 98 valence electrons. The van der Waals surface area contributed by atoms with Gasteiger partial charge in [0.05, 0.1) is 0 Å². The Kier molecular flexibility index (Phi) is 4.84. The van der Waals surface area contributed by atoms with Crippen LogP contribution in [0.1, 0.15) is 57.8 Å². The summed E-state index contributed by atoms with van der Waals surface area (Å²) >= 11 is 0. The van der Waals surface area contributed by atoms with Gasteiger partial charge in [0.1, 0.15) is 0 Å². The summed E-state index contributed by atoms with van der Waals surface area (Å²) in [6.45, 7) is 1.74. The van der Waals surface area contributed by atoms with Crippen molar-refractivity contribution in [2.45, 2.75) is 63.8 Å². The Morgan fingerprint density at radius 3 is 2.65 bits per heavy atom. The summed E-state index contributed by atoms with van der Waals surface area (Å²) in [6, 6.07) is 0.493. The van der Waals surface area contributed by atoms with E-state index in [0.717, 1.165) is 32.4 Å². The van der Waals surface area contributed by atoms with Crippen LogP contribution in [0.2, 0.25) is 0 Å². The van der Waals surface area contributed by atoms with E-state index in [1.54, 1.807) is 0 Å². The van der Waals surface area contributed by atoms with Crippen LogP contribution in [-0.2, 0) is 4.79 Å². The Hall–Kier alpha value is -0.570. The summed E-state index contributed by atoms with van der Waals surface area (Å²) in [5.41, 5.74) is 5.56. The molecular weight excluding hydrogens is 212 g/mol. The first-order chi connectivity index (χ1) is 8.31. The fourth-order valence-corrected chi connectivity index (χ4v) is 3.40. The molecule has 0 radical (unpaired) electrons. The highest BCUT2D eigenvalue weighted by molar-refractivity contribution is 5.77. The Balaban J connectivity index is 1.80. The maximum atomic E-state index is 12.3. The third-order valence-electron chi connectivity index (χ3n) is 4.38. The molecule has 17 heavy (non-hydrogen) atoms. The second-order valence-corrected chi connectivity index (χ2v) is 5.67. The molecule has 1 atom stereocenters. The van der Waals surface area contributed by atoms with E-state index in [0.29, 0.717) is 17.9 Å². The summed E-state index contributed by atoms with van der Waals surface area (Å²) in [5, 5.41) is 0. The molecule has 0 bridgehead atoms. The van der Waals surface area contributed by atoms with E-state index < -0.39 is 0 Å². The van der Waals surface area contributed by atoms with E-state index in [9.17, 15) is 4.79 Å². The normalized spacial score (nSPS) is 25.7. The first-order valence-corrected chi connectivity index (χ1v) is 7.31. The van der Waals surface area contributed by atoms with Gasteiger partial charge in [-0.2, -0.15) is 0 Å². The van der Waals surface area contributed by atoms with Gasteiger partial charge >= 0.3 is 0 Å². The average Bonchev–Trinajstić information content (AvgIpc) is 2.96. The van der Waals surface area contributed by atoms with Crippen molar-refractivity contribution in [3.05, 3.63) is 0 Å². The Morgan fingerprint density at radius 1 is 1.18 bits per heavy atom. The molecule has 2 fully saturated rings. The second-order valence-electron chi connectivity index (χ2n) is 5.67. The van der Waals surface area contributed by atoms with E-state index in [1.807, 2.05) is 0 Å². The van der Waals surface area contributed by atoms with E-state index >= 15 is 0 Å². The van der Waals surface area contributed by atoms with E-state index in [2.05, 4.69) is 4.90 Å². The molecule has 0 aromatic heterocycles. The van der Waals surface area contributed by atoms with Gasteiger partial charge in [-0.3, -0.25) is 4.79 Å². The number of hydrogen-bond donors (Lipinski definition) is 1. The third kappa shape index (κ3) is 3.44. The van der Waals surface area contributed by atoms with Crippen LogP contribution in [0.25, 0.3) is 0 Å². The standard InChI is InChI=1S/C14H26N2O/c15-9-3-7-13-8-4-10-16(13)14(17)11-12-5-1-2-6-12/h12-13H,1-11,15H2. The summed E-state index contributed by atoms with van der Waals surface area (Å²) in [6.07, 6.45) is 10.5. The number of hydrogen-bond acceptors (Lipinski definition) is 2. The van der Waals surface area contributed by atoms with Gasteiger partial charge < -0.3 is 10.6 Å². The zero-order valence-electron chi connectivity index (χ0n) is 10.9. The highest BCUT2D eigenvalue weighted by Gasteiger charge is 2.29.